The van der Waals surface area contributed by atoms with Gasteiger partial charge in [0.15, 0.2) is 6.61 Å². The van der Waals surface area contributed by atoms with Crippen molar-refractivity contribution < 1.29 is 9.53 Å². The highest BCUT2D eigenvalue weighted by atomic mass is 16.5. The summed E-state index contributed by atoms with van der Waals surface area (Å²) in [5.74, 6) is 0.382. The summed E-state index contributed by atoms with van der Waals surface area (Å²) in [6, 6.07) is 14.6. The highest BCUT2D eigenvalue weighted by Crippen LogP contribution is 2.14. The van der Waals surface area contributed by atoms with E-state index in [-0.39, 0.29) is 12.5 Å². The van der Waals surface area contributed by atoms with E-state index in [2.05, 4.69) is 5.32 Å². The molecule has 4 heteroatoms. The molecule has 0 unspecified atom stereocenters. The van der Waals surface area contributed by atoms with Gasteiger partial charge in [0.05, 0.1) is 0 Å². The standard InChI is InChI=1S/C15H16N2O2/c1-11-4-2-6-13(8-11)17-15(18)10-19-14-7-3-5-12(16)9-14/h2-9H,10,16H2,1H3,(H,17,18). The fraction of sp³-hybridized carbons (Fsp3) is 0.133. The Morgan fingerprint density at radius 1 is 1.21 bits per heavy atom. The lowest BCUT2D eigenvalue weighted by atomic mass is 10.2. The zero-order chi connectivity index (χ0) is 13.7. The third-order valence-electron chi connectivity index (χ3n) is 2.53. The number of anilines is 2. The third kappa shape index (κ3) is 4.03. The number of benzene rings is 2. The molecule has 0 aliphatic carbocycles. The van der Waals surface area contributed by atoms with Crippen LogP contribution in [0.1, 0.15) is 5.56 Å². The molecule has 4 nitrogen and oxygen atoms in total. The number of hydrogen-bond acceptors (Lipinski definition) is 3. The maximum absolute atomic E-state index is 11.7. The Balaban J connectivity index is 1.88. The molecule has 0 saturated carbocycles. The maximum atomic E-state index is 11.7. The number of amides is 1. The Labute approximate surface area is 112 Å². The smallest absolute Gasteiger partial charge is 0.262 e. The van der Waals surface area contributed by atoms with E-state index in [1.165, 1.54) is 0 Å². The van der Waals surface area contributed by atoms with Gasteiger partial charge in [0, 0.05) is 17.4 Å². The number of carbonyl (C=O) groups excluding carboxylic acids is 1. The zero-order valence-electron chi connectivity index (χ0n) is 10.7. The molecular formula is C15H16N2O2. The van der Waals surface area contributed by atoms with Gasteiger partial charge < -0.3 is 15.8 Å². The summed E-state index contributed by atoms with van der Waals surface area (Å²) in [6.07, 6.45) is 0. The van der Waals surface area contributed by atoms with E-state index >= 15 is 0 Å². The molecule has 0 bridgehead atoms. The van der Waals surface area contributed by atoms with Crippen molar-refractivity contribution in [2.75, 3.05) is 17.7 Å². The normalized spacial score (nSPS) is 9.95. The number of ether oxygens (including phenoxy) is 1. The Kier molecular flexibility index (Phi) is 4.03. The van der Waals surface area contributed by atoms with Crippen LogP contribution in [0.4, 0.5) is 11.4 Å². The molecule has 0 saturated heterocycles. The predicted molar refractivity (Wildman–Crippen MR) is 76.2 cm³/mol. The largest absolute Gasteiger partial charge is 0.484 e. The molecule has 0 heterocycles. The first kappa shape index (κ1) is 13.0. The average molecular weight is 256 g/mol. The lowest BCUT2D eigenvalue weighted by molar-refractivity contribution is -0.118. The summed E-state index contributed by atoms with van der Waals surface area (Å²) in [4.78, 5) is 11.7. The molecule has 0 aliphatic rings. The molecular weight excluding hydrogens is 240 g/mol. The van der Waals surface area contributed by atoms with Crippen molar-refractivity contribution in [1.29, 1.82) is 0 Å². The second kappa shape index (κ2) is 5.91. The summed E-state index contributed by atoms with van der Waals surface area (Å²) in [7, 11) is 0. The number of aryl methyl sites for hydroxylation is 1. The van der Waals surface area contributed by atoms with Crippen LogP contribution in [0.3, 0.4) is 0 Å². The molecule has 19 heavy (non-hydrogen) atoms. The fourth-order valence-electron chi connectivity index (χ4n) is 1.67. The van der Waals surface area contributed by atoms with Crippen LogP contribution < -0.4 is 15.8 Å². The van der Waals surface area contributed by atoms with Crippen LogP contribution in [0.5, 0.6) is 5.75 Å². The highest BCUT2D eigenvalue weighted by molar-refractivity contribution is 5.91. The van der Waals surface area contributed by atoms with Gasteiger partial charge in [-0.2, -0.15) is 0 Å². The Hall–Kier alpha value is -2.49. The van der Waals surface area contributed by atoms with Crippen LogP contribution in [0.15, 0.2) is 48.5 Å². The molecule has 2 aromatic rings. The van der Waals surface area contributed by atoms with Crippen molar-refractivity contribution in [3.63, 3.8) is 0 Å². The van der Waals surface area contributed by atoms with Crippen LogP contribution in [0.2, 0.25) is 0 Å². The van der Waals surface area contributed by atoms with Crippen LogP contribution in [0.25, 0.3) is 0 Å². The quantitative estimate of drug-likeness (QED) is 0.826. The van der Waals surface area contributed by atoms with Crippen molar-refractivity contribution in [2.45, 2.75) is 6.92 Å². The summed E-state index contributed by atoms with van der Waals surface area (Å²) < 4.78 is 5.36. The summed E-state index contributed by atoms with van der Waals surface area (Å²) in [6.45, 7) is 1.93. The van der Waals surface area contributed by atoms with Crippen molar-refractivity contribution in [3.05, 3.63) is 54.1 Å². The second-order valence-electron chi connectivity index (χ2n) is 4.28. The third-order valence-corrected chi connectivity index (χ3v) is 2.53. The van der Waals surface area contributed by atoms with Crippen LogP contribution in [-0.2, 0) is 4.79 Å². The second-order valence-corrected chi connectivity index (χ2v) is 4.28. The van der Waals surface area contributed by atoms with Gasteiger partial charge in [-0.3, -0.25) is 4.79 Å². The lowest BCUT2D eigenvalue weighted by Crippen LogP contribution is -2.20. The summed E-state index contributed by atoms with van der Waals surface area (Å²) in [5, 5.41) is 2.77. The SMILES string of the molecule is Cc1cccc(NC(=O)COc2cccc(N)c2)c1. The van der Waals surface area contributed by atoms with Gasteiger partial charge in [-0.05, 0) is 36.8 Å². The number of rotatable bonds is 4. The molecule has 0 spiro atoms. The van der Waals surface area contributed by atoms with E-state index in [4.69, 9.17) is 10.5 Å². The van der Waals surface area contributed by atoms with Gasteiger partial charge in [-0.25, -0.2) is 0 Å². The van der Waals surface area contributed by atoms with Gasteiger partial charge in [0.1, 0.15) is 5.75 Å². The molecule has 2 rings (SSSR count). The van der Waals surface area contributed by atoms with Crippen LogP contribution >= 0.6 is 0 Å². The molecule has 0 radical (unpaired) electrons. The minimum atomic E-state index is -0.201. The van der Waals surface area contributed by atoms with E-state index in [1.54, 1.807) is 24.3 Å². The van der Waals surface area contributed by atoms with Gasteiger partial charge in [-0.15, -0.1) is 0 Å². The van der Waals surface area contributed by atoms with E-state index in [9.17, 15) is 4.79 Å². The van der Waals surface area contributed by atoms with Gasteiger partial charge in [0.25, 0.3) is 5.91 Å². The summed E-state index contributed by atoms with van der Waals surface area (Å²) >= 11 is 0. The maximum Gasteiger partial charge on any atom is 0.262 e. The van der Waals surface area contributed by atoms with Crippen molar-refractivity contribution >= 4 is 17.3 Å². The Bertz CT molecular complexity index is 582. The molecule has 1 amide bonds. The molecule has 0 aliphatic heterocycles. The zero-order valence-corrected chi connectivity index (χ0v) is 10.7. The molecule has 2 aromatic carbocycles. The number of nitrogen functional groups attached to an aromatic ring is 1. The Morgan fingerprint density at radius 3 is 2.74 bits per heavy atom. The molecule has 3 N–H and O–H groups in total. The minimum Gasteiger partial charge on any atom is -0.484 e. The molecule has 0 aromatic heterocycles. The lowest BCUT2D eigenvalue weighted by Gasteiger charge is -2.08. The monoisotopic (exact) mass is 256 g/mol. The topological polar surface area (TPSA) is 64.3 Å². The first-order chi connectivity index (χ1) is 9.13. The first-order valence-corrected chi connectivity index (χ1v) is 5.98. The molecule has 98 valence electrons. The van der Waals surface area contributed by atoms with Crippen LogP contribution in [-0.4, -0.2) is 12.5 Å². The van der Waals surface area contributed by atoms with Gasteiger partial charge in [0.2, 0.25) is 0 Å². The van der Waals surface area contributed by atoms with E-state index < -0.39 is 0 Å². The van der Waals surface area contributed by atoms with E-state index in [0.29, 0.717) is 11.4 Å². The number of nitrogens with one attached hydrogen (secondary N) is 1. The first-order valence-electron chi connectivity index (χ1n) is 5.98. The number of hydrogen-bond donors (Lipinski definition) is 2. The van der Waals surface area contributed by atoms with Crippen molar-refractivity contribution in [2.24, 2.45) is 0 Å². The highest BCUT2D eigenvalue weighted by Gasteiger charge is 2.04. The average Bonchev–Trinajstić information content (AvgIpc) is 2.36. The molecule has 0 atom stereocenters. The number of nitrogens with two attached hydrogens (primary N) is 1. The van der Waals surface area contributed by atoms with Crippen molar-refractivity contribution in [3.8, 4) is 5.75 Å². The predicted octanol–water partition coefficient (Wildman–Crippen LogP) is 2.59. The minimum absolute atomic E-state index is 0.0443. The van der Waals surface area contributed by atoms with Crippen molar-refractivity contribution in [1.82, 2.24) is 0 Å². The van der Waals surface area contributed by atoms with Gasteiger partial charge in [-0.1, -0.05) is 18.2 Å². The Morgan fingerprint density at radius 2 is 2.00 bits per heavy atom. The van der Waals surface area contributed by atoms with Crippen LogP contribution in [0, 0.1) is 6.92 Å². The van der Waals surface area contributed by atoms with E-state index in [1.807, 2.05) is 31.2 Å². The fourth-order valence-corrected chi connectivity index (χ4v) is 1.67. The summed E-state index contributed by atoms with van der Waals surface area (Å²) in [5.41, 5.74) is 8.09. The molecule has 0 fully saturated rings. The van der Waals surface area contributed by atoms with E-state index in [0.717, 1.165) is 11.3 Å². The number of carbonyl (C=O) groups is 1. The van der Waals surface area contributed by atoms with Gasteiger partial charge >= 0.3 is 0 Å².